The minimum atomic E-state index is -5.08. The Labute approximate surface area is 276 Å². The second-order valence-corrected chi connectivity index (χ2v) is 11.8. The van der Waals surface area contributed by atoms with Gasteiger partial charge in [-0.25, -0.2) is 14.0 Å². The van der Waals surface area contributed by atoms with Crippen molar-refractivity contribution in [2.24, 2.45) is 5.92 Å². The Morgan fingerprint density at radius 2 is 1.48 bits per heavy atom. The predicted molar refractivity (Wildman–Crippen MR) is 158 cm³/mol. The molecule has 4 atom stereocenters. The van der Waals surface area contributed by atoms with E-state index in [1.807, 2.05) is 12.1 Å². The van der Waals surface area contributed by atoms with Gasteiger partial charge < -0.3 is 30.5 Å². The standard InChI is InChI=1S/C26H34ClFN2O4.2C2HF3O2/c1-17-13-30(14-19-4-7-21(27)8-5-19)18(2)10-23(17)29-15-26(3,33)16-34-24-12-22(28)9-6-20(24)11-25(31)32;2*3-2(4,5)1(6)7/h4-9,12,17-18,23,29,33H,10-11,13-16H2,1-3H3,(H,31,32);2*(H,6,7)/t17-,18+,23-,26?;;/m1../s1. The van der Waals surface area contributed by atoms with E-state index in [2.05, 4.69) is 36.2 Å². The number of nitrogens with one attached hydrogen (secondary N) is 1. The third-order valence-corrected chi connectivity index (χ3v) is 7.12. The lowest BCUT2D eigenvalue weighted by molar-refractivity contribution is -0.193. The highest BCUT2D eigenvalue weighted by Gasteiger charge is 2.39. The Morgan fingerprint density at radius 1 is 0.958 bits per heavy atom. The van der Waals surface area contributed by atoms with Crippen molar-refractivity contribution in [3.05, 3.63) is 64.4 Å². The third kappa shape index (κ3) is 16.0. The SMILES string of the molecule is C[C@@H]1CN(Cc2ccc(Cl)cc2)[C@@H](C)C[C@H]1NCC(C)(O)COc1cc(F)ccc1CC(=O)O.O=C(O)C(F)(F)F.O=C(O)C(F)(F)F. The van der Waals surface area contributed by atoms with E-state index in [1.54, 1.807) is 6.92 Å². The van der Waals surface area contributed by atoms with Gasteiger partial charge in [-0.3, -0.25) is 9.69 Å². The molecule has 0 bridgehead atoms. The van der Waals surface area contributed by atoms with Crippen LogP contribution in [-0.2, 0) is 27.3 Å². The van der Waals surface area contributed by atoms with Crippen molar-refractivity contribution in [3.63, 3.8) is 0 Å². The van der Waals surface area contributed by atoms with E-state index in [0.29, 0.717) is 24.1 Å². The van der Waals surface area contributed by atoms with Gasteiger partial charge in [0.1, 0.15) is 23.8 Å². The number of rotatable bonds is 10. The Bertz CT molecular complexity index is 1330. The lowest BCUT2D eigenvalue weighted by Crippen LogP contribution is -2.55. The van der Waals surface area contributed by atoms with Crippen LogP contribution in [0.4, 0.5) is 30.7 Å². The maximum absolute atomic E-state index is 13.6. The molecular weight excluding hydrogens is 685 g/mol. The van der Waals surface area contributed by atoms with Gasteiger partial charge in [0.15, 0.2) is 0 Å². The number of carbonyl (C=O) groups is 3. The number of alkyl halides is 6. The highest BCUT2D eigenvalue weighted by atomic mass is 35.5. The molecule has 0 aromatic heterocycles. The highest BCUT2D eigenvalue weighted by molar-refractivity contribution is 6.30. The van der Waals surface area contributed by atoms with E-state index in [4.69, 9.17) is 41.2 Å². The van der Waals surface area contributed by atoms with Gasteiger partial charge in [-0.05, 0) is 49.9 Å². The molecule has 270 valence electrons. The summed E-state index contributed by atoms with van der Waals surface area (Å²) in [5, 5.41) is 38.4. The molecular formula is C30H36ClF7N2O8. The monoisotopic (exact) mass is 720 g/mol. The van der Waals surface area contributed by atoms with Crippen LogP contribution in [0.2, 0.25) is 5.02 Å². The van der Waals surface area contributed by atoms with Crippen molar-refractivity contribution in [1.82, 2.24) is 10.2 Å². The second-order valence-electron chi connectivity index (χ2n) is 11.3. The highest BCUT2D eigenvalue weighted by Crippen LogP contribution is 2.26. The molecule has 0 saturated carbocycles. The number of carboxylic acid groups (broad SMARTS) is 3. The van der Waals surface area contributed by atoms with Crippen LogP contribution in [0.25, 0.3) is 0 Å². The first-order valence-electron chi connectivity index (χ1n) is 14.1. The van der Waals surface area contributed by atoms with Crippen molar-refractivity contribution in [1.29, 1.82) is 0 Å². The van der Waals surface area contributed by atoms with Crippen LogP contribution in [-0.4, -0.2) is 93.0 Å². The van der Waals surface area contributed by atoms with Crippen LogP contribution in [0.1, 0.15) is 38.3 Å². The zero-order valence-electron chi connectivity index (χ0n) is 25.9. The number of hydrogen-bond acceptors (Lipinski definition) is 7. The summed E-state index contributed by atoms with van der Waals surface area (Å²) in [6, 6.07) is 12.3. The summed E-state index contributed by atoms with van der Waals surface area (Å²) in [7, 11) is 0. The van der Waals surface area contributed by atoms with Crippen molar-refractivity contribution in [2.75, 3.05) is 19.7 Å². The van der Waals surface area contributed by atoms with Crippen molar-refractivity contribution >= 4 is 29.5 Å². The second kappa shape index (κ2) is 18.2. The molecule has 1 saturated heterocycles. The van der Waals surface area contributed by atoms with E-state index in [-0.39, 0.29) is 24.8 Å². The Hall–Kier alpha value is -3.67. The zero-order chi connectivity index (χ0) is 37.0. The molecule has 3 rings (SSSR count). The molecule has 1 aliphatic heterocycles. The first-order valence-corrected chi connectivity index (χ1v) is 14.5. The van der Waals surface area contributed by atoms with Crippen LogP contribution in [0, 0.1) is 11.7 Å². The molecule has 0 amide bonds. The molecule has 5 N–H and O–H groups in total. The molecule has 0 radical (unpaired) electrons. The van der Waals surface area contributed by atoms with Gasteiger partial charge in [0.2, 0.25) is 0 Å². The number of benzene rings is 2. The van der Waals surface area contributed by atoms with E-state index >= 15 is 0 Å². The minimum absolute atomic E-state index is 0.0879. The summed E-state index contributed by atoms with van der Waals surface area (Å²) < 4.78 is 82.8. The molecule has 10 nitrogen and oxygen atoms in total. The largest absolute Gasteiger partial charge is 0.490 e. The Balaban J connectivity index is 0.000000687. The maximum atomic E-state index is 13.6. The topological polar surface area (TPSA) is 157 Å². The number of halogens is 8. The molecule has 0 spiro atoms. The Morgan fingerprint density at radius 3 is 1.96 bits per heavy atom. The van der Waals surface area contributed by atoms with E-state index < -0.39 is 41.7 Å². The van der Waals surface area contributed by atoms with Gasteiger partial charge in [-0.2, -0.15) is 26.3 Å². The van der Waals surface area contributed by atoms with Crippen molar-refractivity contribution in [3.8, 4) is 5.75 Å². The zero-order valence-corrected chi connectivity index (χ0v) is 26.7. The van der Waals surface area contributed by atoms with Gasteiger partial charge in [0.05, 0.1) is 6.42 Å². The number of nitrogens with zero attached hydrogens (tertiary/aromatic N) is 1. The van der Waals surface area contributed by atoms with E-state index in [1.165, 1.54) is 17.7 Å². The molecule has 1 heterocycles. The summed E-state index contributed by atoms with van der Waals surface area (Å²) in [6.45, 7) is 8.08. The number of aliphatic hydroxyl groups is 1. The molecule has 48 heavy (non-hydrogen) atoms. The summed E-state index contributed by atoms with van der Waals surface area (Å²) in [5.41, 5.74) is 0.388. The molecule has 18 heteroatoms. The summed E-state index contributed by atoms with van der Waals surface area (Å²) in [5.74, 6) is -6.55. The van der Waals surface area contributed by atoms with E-state index in [0.717, 1.165) is 30.6 Å². The van der Waals surface area contributed by atoms with Crippen molar-refractivity contribution in [2.45, 2.75) is 70.2 Å². The van der Waals surface area contributed by atoms with Gasteiger partial charge >= 0.3 is 30.3 Å². The lowest BCUT2D eigenvalue weighted by atomic mass is 9.88. The smallest absolute Gasteiger partial charge is 0.490 e. The predicted octanol–water partition coefficient (Wildman–Crippen LogP) is 5.39. The molecule has 2 aromatic rings. The fraction of sp³-hybridized carbons (Fsp3) is 0.500. The number of carboxylic acids is 3. The summed E-state index contributed by atoms with van der Waals surface area (Å²) in [6.07, 6.45) is -9.50. The molecule has 1 aliphatic rings. The first-order chi connectivity index (χ1) is 21.9. The molecule has 0 aliphatic carbocycles. The number of piperidine rings is 1. The van der Waals surface area contributed by atoms with Crippen LogP contribution in [0.3, 0.4) is 0 Å². The number of likely N-dealkylation sites (tertiary alicyclic amines) is 1. The first kappa shape index (κ1) is 42.4. The number of aliphatic carboxylic acids is 3. The van der Waals surface area contributed by atoms with Crippen LogP contribution >= 0.6 is 11.6 Å². The lowest BCUT2D eigenvalue weighted by Gasteiger charge is -2.43. The van der Waals surface area contributed by atoms with Gasteiger partial charge in [0, 0.05) is 48.4 Å². The molecule has 1 unspecified atom stereocenters. The van der Waals surface area contributed by atoms with Crippen LogP contribution in [0.5, 0.6) is 5.75 Å². The van der Waals surface area contributed by atoms with Gasteiger partial charge in [-0.1, -0.05) is 36.7 Å². The quantitative estimate of drug-likeness (QED) is 0.202. The Kier molecular flexibility index (Phi) is 16.1. The number of hydrogen-bond donors (Lipinski definition) is 5. The average Bonchev–Trinajstić information content (AvgIpc) is 2.95. The fourth-order valence-electron chi connectivity index (χ4n) is 4.36. The molecule has 2 aromatic carbocycles. The molecule has 1 fully saturated rings. The maximum Gasteiger partial charge on any atom is 0.490 e. The van der Waals surface area contributed by atoms with Crippen molar-refractivity contribution < 1.29 is 70.3 Å². The van der Waals surface area contributed by atoms with E-state index in [9.17, 15) is 40.6 Å². The van der Waals surface area contributed by atoms with Gasteiger partial charge in [0.25, 0.3) is 0 Å². The van der Waals surface area contributed by atoms with Crippen LogP contribution in [0.15, 0.2) is 42.5 Å². The third-order valence-electron chi connectivity index (χ3n) is 6.87. The van der Waals surface area contributed by atoms with Crippen LogP contribution < -0.4 is 10.1 Å². The minimum Gasteiger partial charge on any atom is -0.490 e. The number of ether oxygens (including phenoxy) is 1. The summed E-state index contributed by atoms with van der Waals surface area (Å²) in [4.78, 5) is 31.3. The fourth-order valence-corrected chi connectivity index (χ4v) is 4.49. The summed E-state index contributed by atoms with van der Waals surface area (Å²) >= 11 is 6.00. The van der Waals surface area contributed by atoms with Gasteiger partial charge in [-0.15, -0.1) is 0 Å². The normalized spacial score (nSPS) is 19.5. The average molecular weight is 721 g/mol.